The first kappa shape index (κ1) is 26.3. The molecule has 1 aromatic carbocycles. The molecule has 0 saturated carbocycles. The van der Waals surface area contributed by atoms with Gasteiger partial charge in [0.25, 0.3) is 0 Å². The topological polar surface area (TPSA) is 97.7 Å². The lowest BCUT2D eigenvalue weighted by molar-refractivity contribution is 0.0184. The van der Waals surface area contributed by atoms with Gasteiger partial charge < -0.3 is 14.4 Å². The molecule has 0 unspecified atom stereocenters. The van der Waals surface area contributed by atoms with Gasteiger partial charge in [0.1, 0.15) is 23.0 Å². The van der Waals surface area contributed by atoms with Crippen LogP contribution >= 0.6 is 0 Å². The van der Waals surface area contributed by atoms with E-state index in [9.17, 15) is 10.1 Å². The number of hydrogen-bond donors (Lipinski definition) is 0. The lowest BCUT2D eigenvalue weighted by Crippen LogP contribution is -2.42. The molecule has 3 aromatic heterocycles. The number of ether oxygens (including phenoxy) is 2. The number of amides is 1. The van der Waals surface area contributed by atoms with Gasteiger partial charge in [-0.1, -0.05) is 18.2 Å². The van der Waals surface area contributed by atoms with Crippen molar-refractivity contribution in [3.8, 4) is 22.9 Å². The molecule has 0 radical (unpaired) electrons. The summed E-state index contributed by atoms with van der Waals surface area (Å²) in [7, 11) is 0. The number of carbonyl (C=O) groups excluding carboxylic acids is 1. The Hall–Kier alpha value is -4.32. The molecule has 1 amide bonds. The molecule has 1 saturated heterocycles. The smallest absolute Gasteiger partial charge is 0.410 e. The summed E-state index contributed by atoms with van der Waals surface area (Å²) in [4.78, 5) is 14.3. The fraction of sp³-hybridized carbons (Fsp3) is 0.400. The zero-order valence-corrected chi connectivity index (χ0v) is 23.1. The van der Waals surface area contributed by atoms with Gasteiger partial charge in [-0.05, 0) is 65.7 Å². The third-order valence-corrected chi connectivity index (χ3v) is 7.11. The second-order valence-electron chi connectivity index (χ2n) is 11.0. The lowest BCUT2D eigenvalue weighted by atomic mass is 10.0. The maximum Gasteiger partial charge on any atom is 0.410 e. The molecule has 9 nitrogen and oxygen atoms in total. The highest BCUT2D eigenvalue weighted by Crippen LogP contribution is 2.34. The first-order chi connectivity index (χ1) is 18.6. The van der Waals surface area contributed by atoms with Crippen LogP contribution in [0, 0.1) is 18.3 Å². The molecule has 4 aromatic rings. The van der Waals surface area contributed by atoms with E-state index < -0.39 is 5.60 Å². The van der Waals surface area contributed by atoms with Crippen molar-refractivity contribution in [3.05, 3.63) is 71.8 Å². The largest absolute Gasteiger partial charge is 0.484 e. The highest BCUT2D eigenvalue weighted by molar-refractivity contribution is 5.72. The fourth-order valence-corrected chi connectivity index (χ4v) is 5.14. The average molecular weight is 527 g/mol. The van der Waals surface area contributed by atoms with E-state index in [-0.39, 0.29) is 18.2 Å². The minimum absolute atomic E-state index is 0.198. The molecule has 0 spiro atoms. The number of hydrogen-bond acceptors (Lipinski definition) is 6. The van der Waals surface area contributed by atoms with Crippen molar-refractivity contribution in [1.29, 1.82) is 5.26 Å². The number of aromatic nitrogens is 4. The molecule has 0 aliphatic carbocycles. The van der Waals surface area contributed by atoms with Gasteiger partial charge in [-0.15, -0.1) is 0 Å². The molecular weight excluding hydrogens is 492 g/mol. The molecule has 0 bridgehead atoms. The van der Waals surface area contributed by atoms with Crippen molar-refractivity contribution in [2.24, 2.45) is 0 Å². The lowest BCUT2D eigenvalue weighted by Gasteiger charge is -2.33. The minimum Gasteiger partial charge on any atom is -0.484 e. The number of nitrogens with zero attached hydrogens (tertiary/aromatic N) is 6. The summed E-state index contributed by atoms with van der Waals surface area (Å²) in [5.41, 5.74) is 4.76. The summed E-state index contributed by atoms with van der Waals surface area (Å²) in [6.45, 7) is 10.9. The van der Waals surface area contributed by atoms with Crippen molar-refractivity contribution < 1.29 is 14.3 Å². The van der Waals surface area contributed by atoms with E-state index >= 15 is 0 Å². The Morgan fingerprint density at radius 2 is 1.90 bits per heavy atom. The van der Waals surface area contributed by atoms with E-state index in [1.54, 1.807) is 17.2 Å². The number of carbonyl (C=O) groups is 1. The summed E-state index contributed by atoms with van der Waals surface area (Å²) >= 11 is 0. The van der Waals surface area contributed by atoms with Crippen molar-refractivity contribution in [1.82, 2.24) is 24.3 Å². The molecule has 1 aliphatic rings. The molecule has 1 atom stereocenters. The van der Waals surface area contributed by atoms with Crippen LogP contribution in [0.5, 0.6) is 5.75 Å². The summed E-state index contributed by atoms with van der Waals surface area (Å²) in [6.07, 6.45) is 6.65. The number of benzene rings is 1. The van der Waals surface area contributed by atoms with Gasteiger partial charge in [-0.3, -0.25) is 4.68 Å². The van der Waals surface area contributed by atoms with E-state index in [1.165, 1.54) is 0 Å². The van der Waals surface area contributed by atoms with Gasteiger partial charge in [0.2, 0.25) is 0 Å². The predicted octanol–water partition coefficient (Wildman–Crippen LogP) is 6.09. The SMILES string of the molecule is Cc1c(-c2cc(O[C@H](C)c3ccccc3C#N)c3ccnn3c2)cnn1C1CCN(C(=O)OC(C)(C)C)CC1. The summed E-state index contributed by atoms with van der Waals surface area (Å²) in [5.74, 6) is 0.683. The van der Waals surface area contributed by atoms with Crippen LogP contribution in [0.2, 0.25) is 0 Å². The zero-order chi connectivity index (χ0) is 27.7. The first-order valence-corrected chi connectivity index (χ1v) is 13.3. The Morgan fingerprint density at radius 3 is 2.62 bits per heavy atom. The van der Waals surface area contributed by atoms with Crippen LogP contribution in [0.3, 0.4) is 0 Å². The molecule has 1 aliphatic heterocycles. The van der Waals surface area contributed by atoms with E-state index in [1.807, 2.05) is 74.9 Å². The van der Waals surface area contributed by atoms with Crippen LogP contribution in [-0.2, 0) is 4.74 Å². The van der Waals surface area contributed by atoms with Crippen LogP contribution in [0.4, 0.5) is 4.79 Å². The quantitative estimate of drug-likeness (QED) is 0.312. The molecule has 5 rings (SSSR count). The maximum absolute atomic E-state index is 12.5. The van der Waals surface area contributed by atoms with Crippen molar-refractivity contribution in [2.45, 2.75) is 65.2 Å². The molecule has 39 heavy (non-hydrogen) atoms. The standard InChI is InChI=1S/C30H34N6O3/c1-20-26(18-33-36(20)24-11-14-34(15-12-24)29(37)39-30(3,4)5)23-16-28(27-10-13-32-35(27)19-23)38-21(2)25-9-7-6-8-22(25)17-31/h6-10,13,16,18-19,21,24H,11-12,14-15H2,1-5H3/t21-/m1/s1. The molecule has 1 fully saturated rings. The number of piperidine rings is 1. The maximum atomic E-state index is 12.5. The number of pyridine rings is 1. The number of likely N-dealkylation sites (tertiary alicyclic amines) is 1. The number of nitriles is 1. The van der Waals surface area contributed by atoms with Crippen LogP contribution in [-0.4, -0.2) is 49.1 Å². The third-order valence-electron chi connectivity index (χ3n) is 7.11. The molecular formula is C30H34N6O3. The van der Waals surface area contributed by atoms with Gasteiger partial charge in [-0.2, -0.15) is 15.5 Å². The van der Waals surface area contributed by atoms with E-state index in [0.29, 0.717) is 24.4 Å². The van der Waals surface area contributed by atoms with Gasteiger partial charge in [0, 0.05) is 41.7 Å². The third kappa shape index (κ3) is 5.46. The molecule has 0 N–H and O–H groups in total. The molecule has 9 heteroatoms. The Balaban J connectivity index is 1.37. The Labute approximate surface area is 228 Å². The minimum atomic E-state index is -0.503. The van der Waals surface area contributed by atoms with E-state index in [2.05, 4.69) is 22.8 Å². The van der Waals surface area contributed by atoms with Gasteiger partial charge in [-0.25, -0.2) is 9.31 Å². The molecule has 4 heterocycles. The Morgan fingerprint density at radius 1 is 1.15 bits per heavy atom. The zero-order valence-electron chi connectivity index (χ0n) is 23.1. The van der Waals surface area contributed by atoms with Crippen molar-refractivity contribution >= 4 is 11.6 Å². The van der Waals surface area contributed by atoms with Crippen LogP contribution < -0.4 is 4.74 Å². The molecule has 202 valence electrons. The Bertz CT molecular complexity index is 1530. The first-order valence-electron chi connectivity index (χ1n) is 13.3. The van der Waals surface area contributed by atoms with E-state index in [0.717, 1.165) is 40.7 Å². The summed E-state index contributed by atoms with van der Waals surface area (Å²) < 4.78 is 15.8. The van der Waals surface area contributed by atoms with Gasteiger partial charge >= 0.3 is 6.09 Å². The summed E-state index contributed by atoms with van der Waals surface area (Å²) in [5, 5.41) is 18.7. The average Bonchev–Trinajstić information content (AvgIpc) is 3.54. The van der Waals surface area contributed by atoms with Crippen LogP contribution in [0.25, 0.3) is 16.6 Å². The second-order valence-corrected chi connectivity index (χ2v) is 11.0. The van der Waals surface area contributed by atoms with Gasteiger partial charge in [0.05, 0.1) is 30.1 Å². The highest BCUT2D eigenvalue weighted by atomic mass is 16.6. The Kier molecular flexibility index (Phi) is 7.04. The monoisotopic (exact) mass is 526 g/mol. The number of rotatable bonds is 5. The fourth-order valence-electron chi connectivity index (χ4n) is 5.14. The number of fused-ring (bicyclic) bond motifs is 1. The van der Waals surface area contributed by atoms with Gasteiger partial charge in [0.15, 0.2) is 0 Å². The highest BCUT2D eigenvalue weighted by Gasteiger charge is 2.29. The predicted molar refractivity (Wildman–Crippen MR) is 147 cm³/mol. The normalized spacial score (nSPS) is 15.2. The summed E-state index contributed by atoms with van der Waals surface area (Å²) in [6, 6.07) is 13.9. The van der Waals surface area contributed by atoms with Crippen molar-refractivity contribution in [2.75, 3.05) is 13.1 Å². The van der Waals surface area contributed by atoms with E-state index in [4.69, 9.17) is 14.6 Å². The van der Waals surface area contributed by atoms with Crippen LogP contribution in [0.15, 0.2) is 55.0 Å². The van der Waals surface area contributed by atoms with Crippen molar-refractivity contribution in [3.63, 3.8) is 0 Å². The van der Waals surface area contributed by atoms with Crippen LogP contribution in [0.1, 0.15) is 69.5 Å². The second kappa shape index (κ2) is 10.4.